The lowest BCUT2D eigenvalue weighted by atomic mass is 9.97. The number of fused-ring (bicyclic) bond motifs is 3. The molecule has 1 aromatic carbocycles. The summed E-state index contributed by atoms with van der Waals surface area (Å²) in [6.45, 7) is 4.19. The average molecular weight is 524 g/mol. The molecule has 0 bridgehead atoms. The maximum Gasteiger partial charge on any atom is 0.202 e. The van der Waals surface area contributed by atoms with Crippen LogP contribution in [-0.2, 0) is 12.5 Å². The van der Waals surface area contributed by atoms with Crippen molar-refractivity contribution in [3.8, 4) is 11.3 Å². The SMILES string of the molecule is Cc1cc([C@@]2(CN)[C@@H]3CCN(c4cnc5c(-c6ccc7nn(C)c(Cl)c7c6Cl)[nH]nc5n4)C[C@@H]32)no1. The molecule has 4 aromatic heterocycles. The van der Waals surface area contributed by atoms with Crippen LogP contribution in [0.4, 0.5) is 5.82 Å². The lowest BCUT2D eigenvalue weighted by Crippen LogP contribution is -2.32. The molecule has 1 saturated heterocycles. The van der Waals surface area contributed by atoms with Gasteiger partial charge in [-0.3, -0.25) is 9.78 Å². The van der Waals surface area contributed by atoms with Crippen LogP contribution >= 0.6 is 23.2 Å². The van der Waals surface area contributed by atoms with Crippen LogP contribution in [-0.4, -0.2) is 54.7 Å². The summed E-state index contributed by atoms with van der Waals surface area (Å²) < 4.78 is 6.96. The van der Waals surface area contributed by atoms with E-state index in [2.05, 4.69) is 25.4 Å². The number of rotatable bonds is 4. The van der Waals surface area contributed by atoms with Crippen molar-refractivity contribution < 1.29 is 4.52 Å². The number of nitrogens with two attached hydrogens (primary N) is 1. The Labute approximate surface area is 215 Å². The van der Waals surface area contributed by atoms with Crippen molar-refractivity contribution >= 4 is 51.1 Å². The summed E-state index contributed by atoms with van der Waals surface area (Å²) in [6, 6.07) is 5.80. The highest BCUT2D eigenvalue weighted by Crippen LogP contribution is 2.62. The average Bonchev–Trinajstić information content (AvgIpc) is 3.20. The number of benzene rings is 1. The first-order chi connectivity index (χ1) is 17.4. The van der Waals surface area contributed by atoms with Crippen LogP contribution in [0.15, 0.2) is 28.9 Å². The van der Waals surface area contributed by atoms with Crippen LogP contribution < -0.4 is 10.6 Å². The third-order valence-corrected chi connectivity index (χ3v) is 8.81. The number of H-pyrrole nitrogens is 1. The van der Waals surface area contributed by atoms with Gasteiger partial charge in [0.05, 0.1) is 33.5 Å². The summed E-state index contributed by atoms with van der Waals surface area (Å²) in [5, 5.41) is 17.9. The molecule has 3 atom stereocenters. The van der Waals surface area contributed by atoms with E-state index in [1.54, 1.807) is 17.9 Å². The van der Waals surface area contributed by atoms with Crippen LogP contribution in [0.3, 0.4) is 0 Å². The Morgan fingerprint density at radius 1 is 1.28 bits per heavy atom. The maximum atomic E-state index is 6.75. The summed E-state index contributed by atoms with van der Waals surface area (Å²) in [7, 11) is 1.78. The molecule has 1 saturated carbocycles. The molecule has 184 valence electrons. The van der Waals surface area contributed by atoms with Gasteiger partial charge >= 0.3 is 0 Å². The monoisotopic (exact) mass is 523 g/mol. The number of piperidine rings is 1. The van der Waals surface area contributed by atoms with E-state index in [1.165, 1.54) is 0 Å². The van der Waals surface area contributed by atoms with Crippen LogP contribution in [0.1, 0.15) is 17.9 Å². The number of aromatic nitrogens is 7. The number of aromatic amines is 1. The first kappa shape index (κ1) is 22.0. The van der Waals surface area contributed by atoms with Gasteiger partial charge in [-0.15, -0.1) is 0 Å². The molecule has 2 fully saturated rings. The normalized spacial score (nSPS) is 23.5. The summed E-state index contributed by atoms with van der Waals surface area (Å²) in [4.78, 5) is 11.8. The van der Waals surface area contributed by atoms with Crippen molar-refractivity contribution in [2.75, 3.05) is 24.5 Å². The van der Waals surface area contributed by atoms with E-state index in [9.17, 15) is 0 Å². The fourth-order valence-electron chi connectivity index (χ4n) is 6.09. The molecule has 3 N–H and O–H groups in total. The fourth-order valence-corrected chi connectivity index (χ4v) is 6.71. The zero-order chi connectivity index (χ0) is 24.8. The van der Waals surface area contributed by atoms with Crippen molar-refractivity contribution in [1.82, 2.24) is 35.1 Å². The molecule has 7 rings (SSSR count). The number of aryl methyl sites for hydroxylation is 2. The molecule has 0 unspecified atom stereocenters. The molecular weight excluding hydrogens is 501 g/mol. The Balaban J connectivity index is 1.20. The first-order valence-corrected chi connectivity index (χ1v) is 12.6. The minimum absolute atomic E-state index is 0.119. The van der Waals surface area contributed by atoms with Crippen molar-refractivity contribution in [1.29, 1.82) is 0 Å². The highest BCUT2D eigenvalue weighted by molar-refractivity contribution is 6.43. The Morgan fingerprint density at radius 3 is 2.92 bits per heavy atom. The van der Waals surface area contributed by atoms with Gasteiger partial charge in [-0.25, -0.2) is 9.97 Å². The Kier molecular flexibility index (Phi) is 4.68. The van der Waals surface area contributed by atoms with Gasteiger partial charge in [0.15, 0.2) is 0 Å². The van der Waals surface area contributed by atoms with Gasteiger partial charge in [0.2, 0.25) is 5.65 Å². The van der Waals surface area contributed by atoms with Crippen molar-refractivity contribution in [3.05, 3.63) is 46.0 Å². The first-order valence-electron chi connectivity index (χ1n) is 11.8. The van der Waals surface area contributed by atoms with Crippen LogP contribution in [0.2, 0.25) is 10.2 Å². The molecule has 10 nitrogen and oxygen atoms in total. The summed E-state index contributed by atoms with van der Waals surface area (Å²) in [5.74, 6) is 2.52. The largest absolute Gasteiger partial charge is 0.361 e. The molecule has 5 heterocycles. The van der Waals surface area contributed by atoms with Crippen molar-refractivity contribution in [2.45, 2.75) is 18.8 Å². The Bertz CT molecular complexity index is 1660. The van der Waals surface area contributed by atoms with Crippen LogP contribution in [0.25, 0.3) is 33.3 Å². The second-order valence-electron chi connectivity index (χ2n) is 9.75. The predicted octanol–water partition coefficient (Wildman–Crippen LogP) is 3.86. The number of nitrogens with one attached hydrogen (secondary N) is 1. The highest BCUT2D eigenvalue weighted by atomic mass is 35.5. The number of anilines is 1. The number of halogens is 2. The quantitative estimate of drug-likeness (QED) is 0.363. The van der Waals surface area contributed by atoms with Gasteiger partial charge < -0.3 is 15.2 Å². The standard InChI is InChI=1S/C24H23Cl2N9O/c1-11-7-16(33-36-11)24(10-27)13-5-6-35(9-14(13)24)17-8-28-21-20(30-31-23(21)29-17)12-3-4-15-18(19(12)25)22(26)34(2)32-15/h3-4,7-8,13-14H,5-6,9-10,27H2,1-2H3,(H,29,30,31)/t13-,14+,24+/m1/s1. The third kappa shape index (κ3) is 2.92. The fraction of sp³-hybridized carbons (Fsp3) is 0.375. The zero-order valence-corrected chi connectivity index (χ0v) is 21.2. The molecular formula is C24H23Cl2N9O. The van der Waals surface area contributed by atoms with E-state index in [-0.39, 0.29) is 5.41 Å². The van der Waals surface area contributed by atoms with E-state index in [1.807, 2.05) is 25.1 Å². The molecule has 12 heteroatoms. The smallest absolute Gasteiger partial charge is 0.202 e. The van der Waals surface area contributed by atoms with E-state index in [4.69, 9.17) is 43.4 Å². The van der Waals surface area contributed by atoms with E-state index in [0.717, 1.165) is 47.9 Å². The topological polar surface area (TPSA) is 128 Å². The molecule has 0 radical (unpaired) electrons. The number of nitrogens with zero attached hydrogens (tertiary/aromatic N) is 7. The predicted molar refractivity (Wildman–Crippen MR) is 137 cm³/mol. The summed E-state index contributed by atoms with van der Waals surface area (Å²) >= 11 is 13.2. The maximum absolute atomic E-state index is 6.75. The third-order valence-electron chi connectivity index (χ3n) is 7.98. The van der Waals surface area contributed by atoms with Gasteiger partial charge in [0.25, 0.3) is 0 Å². The lowest BCUT2D eigenvalue weighted by molar-refractivity contribution is 0.379. The Hall–Kier alpha value is -3.21. The molecule has 0 spiro atoms. The number of hydrogen-bond donors (Lipinski definition) is 2. The van der Waals surface area contributed by atoms with E-state index >= 15 is 0 Å². The lowest BCUT2D eigenvalue weighted by Gasteiger charge is -2.26. The van der Waals surface area contributed by atoms with Crippen molar-refractivity contribution in [2.24, 2.45) is 24.6 Å². The second kappa shape index (κ2) is 7.64. The number of hydrogen-bond acceptors (Lipinski definition) is 8. The van der Waals surface area contributed by atoms with Crippen LogP contribution in [0, 0.1) is 18.8 Å². The van der Waals surface area contributed by atoms with Crippen LogP contribution in [0.5, 0.6) is 0 Å². The molecule has 0 amide bonds. The minimum Gasteiger partial charge on any atom is -0.361 e. The zero-order valence-electron chi connectivity index (χ0n) is 19.7. The van der Waals surface area contributed by atoms with Crippen molar-refractivity contribution in [3.63, 3.8) is 0 Å². The summed E-state index contributed by atoms with van der Waals surface area (Å²) in [5.41, 5.74) is 10.5. The summed E-state index contributed by atoms with van der Waals surface area (Å²) in [6.07, 6.45) is 2.82. The molecule has 36 heavy (non-hydrogen) atoms. The van der Waals surface area contributed by atoms with Gasteiger partial charge in [0.1, 0.15) is 22.2 Å². The van der Waals surface area contributed by atoms with Gasteiger partial charge in [-0.2, -0.15) is 10.2 Å². The van der Waals surface area contributed by atoms with Gasteiger partial charge in [0, 0.05) is 43.7 Å². The Morgan fingerprint density at radius 2 is 2.14 bits per heavy atom. The van der Waals surface area contributed by atoms with E-state index < -0.39 is 0 Å². The minimum atomic E-state index is -0.119. The molecule has 5 aromatic rings. The second-order valence-corrected chi connectivity index (χ2v) is 10.5. The molecule has 2 aliphatic rings. The molecule has 1 aliphatic heterocycles. The van der Waals surface area contributed by atoms with E-state index in [0.29, 0.717) is 50.8 Å². The highest BCUT2D eigenvalue weighted by Gasteiger charge is 2.67. The van der Waals surface area contributed by atoms with Gasteiger partial charge in [-0.05, 0) is 37.3 Å². The van der Waals surface area contributed by atoms with Gasteiger partial charge in [-0.1, -0.05) is 28.4 Å². The molecule has 1 aliphatic carbocycles.